The predicted octanol–water partition coefficient (Wildman–Crippen LogP) is 2.06. The summed E-state index contributed by atoms with van der Waals surface area (Å²) in [4.78, 5) is 22.7. The number of aryl methyl sites for hydroxylation is 1. The van der Waals surface area contributed by atoms with Crippen LogP contribution < -0.4 is 5.32 Å². The summed E-state index contributed by atoms with van der Waals surface area (Å²) in [6, 6.07) is 5.00. The number of ether oxygens (including phenoxy) is 1. The third kappa shape index (κ3) is 3.85. The van der Waals surface area contributed by atoms with Gasteiger partial charge < -0.3 is 15.2 Å². The van der Waals surface area contributed by atoms with Crippen molar-refractivity contribution in [3.05, 3.63) is 29.3 Å². The lowest BCUT2D eigenvalue weighted by Gasteiger charge is -2.10. The van der Waals surface area contributed by atoms with E-state index in [9.17, 15) is 9.59 Å². The highest BCUT2D eigenvalue weighted by Gasteiger charge is 2.14. The highest BCUT2D eigenvalue weighted by Crippen LogP contribution is 2.19. The molecule has 1 amide bonds. The molecule has 0 spiro atoms. The van der Waals surface area contributed by atoms with Crippen molar-refractivity contribution in [1.82, 2.24) is 0 Å². The molecule has 0 atom stereocenters. The molecule has 0 saturated heterocycles. The van der Waals surface area contributed by atoms with Crippen molar-refractivity contribution in [2.75, 3.05) is 19.0 Å². The highest BCUT2D eigenvalue weighted by atomic mass is 16.5. The maximum absolute atomic E-state index is 11.6. The van der Waals surface area contributed by atoms with Crippen molar-refractivity contribution in [2.24, 2.45) is 0 Å². The van der Waals surface area contributed by atoms with Gasteiger partial charge in [-0.05, 0) is 25.0 Å². The summed E-state index contributed by atoms with van der Waals surface area (Å²) < 4.78 is 4.85. The smallest absolute Gasteiger partial charge is 0.338 e. The lowest BCUT2D eigenvalue weighted by molar-refractivity contribution is -0.116. The molecule has 0 saturated carbocycles. The molecule has 0 unspecified atom stereocenters. The van der Waals surface area contributed by atoms with E-state index in [1.165, 1.54) is 0 Å². The number of carbonyl (C=O) groups excluding carboxylic acids is 1. The molecular weight excluding hydrogens is 234 g/mol. The van der Waals surface area contributed by atoms with Gasteiger partial charge in [0.25, 0.3) is 0 Å². The van der Waals surface area contributed by atoms with E-state index in [4.69, 9.17) is 9.84 Å². The van der Waals surface area contributed by atoms with Gasteiger partial charge in [-0.2, -0.15) is 0 Å². The van der Waals surface area contributed by atoms with Crippen LogP contribution in [-0.2, 0) is 9.53 Å². The molecule has 18 heavy (non-hydrogen) atoms. The molecule has 1 rings (SSSR count). The summed E-state index contributed by atoms with van der Waals surface area (Å²) in [5.74, 6) is -1.25. The van der Waals surface area contributed by atoms with Crippen LogP contribution in [0.25, 0.3) is 0 Å². The van der Waals surface area contributed by atoms with Gasteiger partial charge >= 0.3 is 5.97 Å². The highest BCUT2D eigenvalue weighted by molar-refractivity contribution is 6.01. The minimum atomic E-state index is -1.04. The van der Waals surface area contributed by atoms with Crippen LogP contribution in [0.3, 0.4) is 0 Å². The molecule has 5 heteroatoms. The lowest BCUT2D eigenvalue weighted by Crippen LogP contribution is -2.15. The van der Waals surface area contributed by atoms with Crippen LogP contribution in [0.5, 0.6) is 0 Å². The summed E-state index contributed by atoms with van der Waals surface area (Å²) in [6.45, 7) is 2.21. The Labute approximate surface area is 106 Å². The first-order valence-electron chi connectivity index (χ1n) is 5.68. The minimum absolute atomic E-state index is 0.137. The first-order chi connectivity index (χ1) is 8.56. The van der Waals surface area contributed by atoms with Crippen molar-refractivity contribution < 1.29 is 19.4 Å². The Morgan fingerprint density at radius 2 is 2.11 bits per heavy atom. The van der Waals surface area contributed by atoms with E-state index >= 15 is 0 Å². The molecule has 0 fully saturated rings. The molecule has 0 aromatic heterocycles. The number of hydrogen-bond donors (Lipinski definition) is 2. The standard InChI is InChI=1S/C13H17NO4/c1-9-5-3-6-10(12(9)13(16)17)14-11(15)7-4-8-18-2/h3,5-6H,4,7-8H2,1-2H3,(H,14,15)(H,16,17). The second-order valence-electron chi connectivity index (χ2n) is 3.95. The first-order valence-corrected chi connectivity index (χ1v) is 5.68. The first kappa shape index (κ1) is 14.2. The van der Waals surface area contributed by atoms with Crippen LogP contribution in [0.15, 0.2) is 18.2 Å². The quantitative estimate of drug-likeness (QED) is 0.759. The topological polar surface area (TPSA) is 75.6 Å². The lowest BCUT2D eigenvalue weighted by atomic mass is 10.1. The van der Waals surface area contributed by atoms with Crippen molar-refractivity contribution in [3.8, 4) is 0 Å². The van der Waals surface area contributed by atoms with E-state index in [1.54, 1.807) is 32.2 Å². The number of carboxylic acid groups (broad SMARTS) is 1. The Kier molecular flexibility index (Phi) is 5.32. The Balaban J connectivity index is 2.75. The zero-order chi connectivity index (χ0) is 13.5. The number of nitrogens with one attached hydrogen (secondary N) is 1. The third-order valence-corrected chi connectivity index (χ3v) is 2.51. The van der Waals surface area contributed by atoms with Crippen LogP contribution in [0, 0.1) is 6.92 Å². The molecule has 0 aliphatic carbocycles. The summed E-state index contributed by atoms with van der Waals surface area (Å²) in [5.41, 5.74) is 1.10. The number of anilines is 1. The maximum atomic E-state index is 11.6. The van der Waals surface area contributed by atoms with Gasteiger partial charge in [-0.3, -0.25) is 4.79 Å². The average Bonchev–Trinajstić information content (AvgIpc) is 2.28. The largest absolute Gasteiger partial charge is 0.478 e. The summed E-state index contributed by atoms with van der Waals surface area (Å²) in [5, 5.41) is 11.7. The number of methoxy groups -OCH3 is 1. The number of carboxylic acids is 1. The molecule has 98 valence electrons. The van der Waals surface area contributed by atoms with Crippen LogP contribution in [0.2, 0.25) is 0 Å². The Hall–Kier alpha value is -1.88. The van der Waals surface area contributed by atoms with Crippen molar-refractivity contribution in [3.63, 3.8) is 0 Å². The van der Waals surface area contributed by atoms with E-state index in [-0.39, 0.29) is 11.5 Å². The molecule has 0 bridgehead atoms. The maximum Gasteiger partial charge on any atom is 0.338 e. The van der Waals surface area contributed by atoms with E-state index in [0.717, 1.165) is 0 Å². The number of benzene rings is 1. The molecule has 0 aliphatic rings. The zero-order valence-corrected chi connectivity index (χ0v) is 10.5. The fourth-order valence-electron chi connectivity index (χ4n) is 1.65. The van der Waals surface area contributed by atoms with Gasteiger partial charge in [0.15, 0.2) is 0 Å². The number of rotatable bonds is 6. The van der Waals surface area contributed by atoms with Gasteiger partial charge in [-0.1, -0.05) is 12.1 Å². The van der Waals surface area contributed by atoms with Gasteiger partial charge in [0.1, 0.15) is 0 Å². The molecule has 0 heterocycles. The van der Waals surface area contributed by atoms with Crippen molar-refractivity contribution >= 4 is 17.6 Å². The zero-order valence-electron chi connectivity index (χ0n) is 10.5. The van der Waals surface area contributed by atoms with E-state index < -0.39 is 5.97 Å². The van der Waals surface area contributed by atoms with Gasteiger partial charge in [0, 0.05) is 20.1 Å². The molecule has 0 radical (unpaired) electrons. The second kappa shape index (κ2) is 6.76. The van der Waals surface area contributed by atoms with Gasteiger partial charge in [0.2, 0.25) is 5.91 Å². The Morgan fingerprint density at radius 1 is 1.39 bits per heavy atom. The molecular formula is C13H17NO4. The molecule has 1 aromatic rings. The molecule has 1 aromatic carbocycles. The number of carbonyl (C=O) groups is 2. The predicted molar refractivity (Wildman–Crippen MR) is 67.9 cm³/mol. The number of hydrogen-bond acceptors (Lipinski definition) is 3. The Morgan fingerprint density at radius 3 is 2.72 bits per heavy atom. The fraction of sp³-hybridized carbons (Fsp3) is 0.385. The normalized spacial score (nSPS) is 10.1. The van der Waals surface area contributed by atoms with Crippen molar-refractivity contribution in [1.29, 1.82) is 0 Å². The van der Waals surface area contributed by atoms with Crippen LogP contribution in [-0.4, -0.2) is 30.7 Å². The third-order valence-electron chi connectivity index (χ3n) is 2.51. The Bertz CT molecular complexity index is 443. The SMILES string of the molecule is COCCCC(=O)Nc1cccc(C)c1C(=O)O. The van der Waals surface area contributed by atoms with Crippen LogP contribution in [0.4, 0.5) is 5.69 Å². The molecule has 5 nitrogen and oxygen atoms in total. The number of aromatic carboxylic acids is 1. The van der Waals surface area contributed by atoms with Crippen molar-refractivity contribution in [2.45, 2.75) is 19.8 Å². The summed E-state index contributed by atoms with van der Waals surface area (Å²) >= 11 is 0. The van der Waals surface area contributed by atoms with E-state index in [1.807, 2.05) is 0 Å². The monoisotopic (exact) mass is 251 g/mol. The summed E-state index contributed by atoms with van der Waals surface area (Å²) in [6.07, 6.45) is 0.914. The summed E-state index contributed by atoms with van der Waals surface area (Å²) in [7, 11) is 1.57. The van der Waals surface area contributed by atoms with E-state index in [2.05, 4.69) is 5.32 Å². The van der Waals surface area contributed by atoms with E-state index in [0.29, 0.717) is 30.7 Å². The second-order valence-corrected chi connectivity index (χ2v) is 3.95. The van der Waals surface area contributed by atoms with Crippen LogP contribution in [0.1, 0.15) is 28.8 Å². The van der Waals surface area contributed by atoms with Gasteiger partial charge in [0.05, 0.1) is 11.3 Å². The molecule has 2 N–H and O–H groups in total. The number of amides is 1. The molecule has 0 aliphatic heterocycles. The van der Waals surface area contributed by atoms with Gasteiger partial charge in [-0.15, -0.1) is 0 Å². The van der Waals surface area contributed by atoms with Crippen LogP contribution >= 0.6 is 0 Å². The van der Waals surface area contributed by atoms with Gasteiger partial charge in [-0.25, -0.2) is 4.79 Å². The minimum Gasteiger partial charge on any atom is -0.478 e. The average molecular weight is 251 g/mol. The fourth-order valence-corrected chi connectivity index (χ4v) is 1.65.